The van der Waals surface area contributed by atoms with Crippen LogP contribution in [-0.4, -0.2) is 9.97 Å². The average molecular weight is 304 g/mol. The van der Waals surface area contributed by atoms with Gasteiger partial charge in [0.2, 0.25) is 0 Å². The second-order valence-corrected chi connectivity index (χ2v) is 5.87. The van der Waals surface area contributed by atoms with Crippen LogP contribution >= 0.6 is 11.6 Å². The third-order valence-corrected chi connectivity index (χ3v) is 3.91. The Morgan fingerprint density at radius 1 is 1.14 bits per heavy atom. The molecule has 1 atom stereocenters. The molecule has 2 rings (SSSR count). The van der Waals surface area contributed by atoms with E-state index in [9.17, 15) is 0 Å². The molecule has 4 heteroatoms. The maximum Gasteiger partial charge on any atom is 0.137 e. The standard InChI is InChI=1S/C17H22ClN3/c1-5-14(13-9-7-6-8-10-13)19-17-12(4)15(18)20-16(21-17)11(2)3/h6-11,14H,5H2,1-4H3,(H,19,20,21). The molecular weight excluding hydrogens is 282 g/mol. The number of benzene rings is 1. The first-order chi connectivity index (χ1) is 10.0. The van der Waals surface area contributed by atoms with Gasteiger partial charge in [0.25, 0.3) is 0 Å². The minimum atomic E-state index is 0.218. The van der Waals surface area contributed by atoms with E-state index >= 15 is 0 Å². The van der Waals surface area contributed by atoms with Gasteiger partial charge in [-0.25, -0.2) is 9.97 Å². The predicted molar refractivity (Wildman–Crippen MR) is 89.0 cm³/mol. The van der Waals surface area contributed by atoms with Crippen LogP contribution in [0.15, 0.2) is 30.3 Å². The van der Waals surface area contributed by atoms with Crippen LogP contribution in [0.4, 0.5) is 5.82 Å². The number of nitrogens with one attached hydrogen (secondary N) is 1. The van der Waals surface area contributed by atoms with Crippen molar-refractivity contribution in [3.05, 3.63) is 52.4 Å². The fourth-order valence-corrected chi connectivity index (χ4v) is 2.35. The lowest BCUT2D eigenvalue weighted by atomic mass is 10.0. The largest absolute Gasteiger partial charge is 0.363 e. The van der Waals surface area contributed by atoms with E-state index < -0.39 is 0 Å². The zero-order valence-corrected chi connectivity index (χ0v) is 13.8. The second kappa shape index (κ2) is 6.90. The van der Waals surface area contributed by atoms with E-state index in [0.29, 0.717) is 5.15 Å². The predicted octanol–water partition coefficient (Wildman–Crippen LogP) is 5.13. The van der Waals surface area contributed by atoms with E-state index in [2.05, 4.69) is 60.3 Å². The first-order valence-electron chi connectivity index (χ1n) is 7.38. The van der Waals surface area contributed by atoms with Gasteiger partial charge >= 0.3 is 0 Å². The van der Waals surface area contributed by atoms with Gasteiger partial charge < -0.3 is 5.32 Å². The lowest BCUT2D eigenvalue weighted by molar-refractivity contribution is 0.728. The Bertz CT molecular complexity index is 596. The fourth-order valence-electron chi connectivity index (χ4n) is 2.18. The number of halogens is 1. The molecule has 1 aromatic carbocycles. The fraction of sp³-hybridized carbons (Fsp3) is 0.412. The molecule has 1 unspecified atom stereocenters. The van der Waals surface area contributed by atoms with Crippen molar-refractivity contribution in [3.8, 4) is 0 Å². The van der Waals surface area contributed by atoms with E-state index in [1.54, 1.807) is 0 Å². The summed E-state index contributed by atoms with van der Waals surface area (Å²) in [5.41, 5.74) is 2.15. The van der Waals surface area contributed by atoms with Gasteiger partial charge in [0.15, 0.2) is 0 Å². The Morgan fingerprint density at radius 2 is 1.81 bits per heavy atom. The van der Waals surface area contributed by atoms with Crippen molar-refractivity contribution >= 4 is 17.4 Å². The van der Waals surface area contributed by atoms with Gasteiger partial charge in [-0.05, 0) is 18.9 Å². The van der Waals surface area contributed by atoms with Crippen LogP contribution < -0.4 is 5.32 Å². The zero-order chi connectivity index (χ0) is 15.4. The zero-order valence-electron chi connectivity index (χ0n) is 13.0. The SMILES string of the molecule is CCC(Nc1nc(C(C)C)nc(Cl)c1C)c1ccccc1. The number of aromatic nitrogens is 2. The summed E-state index contributed by atoms with van der Waals surface area (Å²) in [7, 11) is 0. The second-order valence-electron chi connectivity index (χ2n) is 5.52. The number of nitrogens with zero attached hydrogens (tertiary/aromatic N) is 2. The van der Waals surface area contributed by atoms with Crippen molar-refractivity contribution in [3.63, 3.8) is 0 Å². The molecule has 1 aromatic heterocycles. The van der Waals surface area contributed by atoms with Crippen molar-refractivity contribution in [2.75, 3.05) is 5.32 Å². The minimum absolute atomic E-state index is 0.218. The van der Waals surface area contributed by atoms with E-state index in [1.165, 1.54) is 5.56 Å². The van der Waals surface area contributed by atoms with Crippen molar-refractivity contribution in [2.24, 2.45) is 0 Å². The molecule has 3 nitrogen and oxygen atoms in total. The summed E-state index contributed by atoms with van der Waals surface area (Å²) in [6.07, 6.45) is 0.974. The monoisotopic (exact) mass is 303 g/mol. The number of hydrogen-bond acceptors (Lipinski definition) is 3. The van der Waals surface area contributed by atoms with E-state index in [-0.39, 0.29) is 12.0 Å². The van der Waals surface area contributed by atoms with Crippen LogP contribution in [0.2, 0.25) is 5.15 Å². The average Bonchev–Trinajstić information content (AvgIpc) is 2.49. The van der Waals surface area contributed by atoms with E-state index in [1.807, 2.05) is 13.0 Å². The van der Waals surface area contributed by atoms with Crippen LogP contribution in [0, 0.1) is 6.92 Å². The summed E-state index contributed by atoms with van der Waals surface area (Å²) in [4.78, 5) is 8.99. The summed E-state index contributed by atoms with van der Waals surface area (Å²) >= 11 is 6.24. The molecular formula is C17H22ClN3. The van der Waals surface area contributed by atoms with Crippen molar-refractivity contribution in [1.29, 1.82) is 0 Å². The summed E-state index contributed by atoms with van der Waals surface area (Å²) < 4.78 is 0. The highest BCUT2D eigenvalue weighted by Gasteiger charge is 2.15. The van der Waals surface area contributed by atoms with Gasteiger partial charge in [-0.15, -0.1) is 0 Å². The number of hydrogen-bond donors (Lipinski definition) is 1. The van der Waals surface area contributed by atoms with Crippen molar-refractivity contribution in [2.45, 2.75) is 46.1 Å². The minimum Gasteiger partial charge on any atom is -0.363 e. The molecule has 0 amide bonds. The molecule has 2 aromatic rings. The first kappa shape index (κ1) is 15.8. The number of anilines is 1. The molecule has 0 saturated heterocycles. The highest BCUT2D eigenvalue weighted by atomic mass is 35.5. The highest BCUT2D eigenvalue weighted by Crippen LogP contribution is 2.27. The molecule has 0 spiro atoms. The smallest absolute Gasteiger partial charge is 0.137 e. The van der Waals surface area contributed by atoms with Crippen LogP contribution in [0.1, 0.15) is 56.1 Å². The van der Waals surface area contributed by atoms with Crippen molar-refractivity contribution < 1.29 is 0 Å². The van der Waals surface area contributed by atoms with Gasteiger partial charge in [-0.2, -0.15) is 0 Å². The molecule has 0 radical (unpaired) electrons. The lowest BCUT2D eigenvalue weighted by Gasteiger charge is -2.20. The van der Waals surface area contributed by atoms with Crippen LogP contribution in [0.3, 0.4) is 0 Å². The van der Waals surface area contributed by atoms with Gasteiger partial charge in [-0.1, -0.05) is 62.7 Å². The van der Waals surface area contributed by atoms with Gasteiger partial charge in [0.1, 0.15) is 16.8 Å². The Hall–Kier alpha value is -1.61. The molecule has 0 bridgehead atoms. The molecule has 0 aliphatic carbocycles. The number of rotatable bonds is 5. The van der Waals surface area contributed by atoms with E-state index in [4.69, 9.17) is 11.6 Å². The molecule has 1 heterocycles. The van der Waals surface area contributed by atoms with Crippen molar-refractivity contribution in [1.82, 2.24) is 9.97 Å². The third kappa shape index (κ3) is 3.73. The Kier molecular flexibility index (Phi) is 5.18. The molecule has 0 fully saturated rings. The van der Waals surface area contributed by atoms with Gasteiger partial charge in [-0.3, -0.25) is 0 Å². The molecule has 0 aliphatic heterocycles. The third-order valence-electron chi connectivity index (χ3n) is 3.54. The maximum absolute atomic E-state index is 6.24. The van der Waals surface area contributed by atoms with E-state index in [0.717, 1.165) is 23.6 Å². The lowest BCUT2D eigenvalue weighted by Crippen LogP contribution is -2.14. The summed E-state index contributed by atoms with van der Waals surface area (Å²) in [5.74, 6) is 1.85. The highest BCUT2D eigenvalue weighted by molar-refractivity contribution is 6.30. The molecule has 112 valence electrons. The van der Waals surface area contributed by atoms with Crippen LogP contribution in [0.5, 0.6) is 0 Å². The summed E-state index contributed by atoms with van der Waals surface area (Å²) in [5, 5.41) is 4.04. The van der Waals surface area contributed by atoms with Crippen LogP contribution in [-0.2, 0) is 0 Å². The quantitative estimate of drug-likeness (QED) is 0.779. The molecule has 1 N–H and O–H groups in total. The molecule has 0 saturated carbocycles. The van der Waals surface area contributed by atoms with Crippen LogP contribution in [0.25, 0.3) is 0 Å². The molecule has 21 heavy (non-hydrogen) atoms. The Morgan fingerprint density at radius 3 is 2.38 bits per heavy atom. The summed E-state index contributed by atoms with van der Waals surface area (Å²) in [6.45, 7) is 8.25. The van der Waals surface area contributed by atoms with Gasteiger partial charge in [0, 0.05) is 11.5 Å². The molecule has 0 aliphatic rings. The first-order valence-corrected chi connectivity index (χ1v) is 7.76. The Balaban J connectivity index is 2.33. The normalized spacial score (nSPS) is 12.5. The summed E-state index contributed by atoms with van der Waals surface area (Å²) in [6, 6.07) is 10.6. The van der Waals surface area contributed by atoms with Gasteiger partial charge in [0.05, 0.1) is 6.04 Å². The maximum atomic E-state index is 6.24. The Labute approximate surface area is 131 Å². The topological polar surface area (TPSA) is 37.8 Å².